The van der Waals surface area contributed by atoms with Crippen molar-refractivity contribution in [1.82, 2.24) is 4.40 Å². The highest BCUT2D eigenvalue weighted by molar-refractivity contribution is 6.27. The molecular weight excluding hydrogens is 352 g/mol. The van der Waals surface area contributed by atoms with E-state index < -0.39 is 0 Å². The molecule has 0 saturated heterocycles. The van der Waals surface area contributed by atoms with Gasteiger partial charge in [-0.25, -0.2) is 4.57 Å². The summed E-state index contributed by atoms with van der Waals surface area (Å²) in [5.41, 5.74) is 10.2. The zero-order valence-electron chi connectivity index (χ0n) is 17.3. The standard InChI is InChI=1S/C27H23N2/c1-15(2)19-11-10-18-12-13-28(5)27-23-17(4)16(3)14-21-20-8-6-7-9-22(20)29(26(21)23)25(19)24(18)27/h6-14H,1H2,2-5H3/q+1. The Hall–Kier alpha value is -3.39. The molecule has 29 heavy (non-hydrogen) atoms. The van der Waals surface area contributed by atoms with E-state index in [4.69, 9.17) is 0 Å². The van der Waals surface area contributed by atoms with E-state index in [1.165, 1.54) is 65.7 Å². The minimum Gasteiger partial charge on any atom is -0.307 e. The zero-order chi connectivity index (χ0) is 20.0. The van der Waals surface area contributed by atoms with Gasteiger partial charge in [0.05, 0.1) is 27.3 Å². The third-order valence-corrected chi connectivity index (χ3v) is 6.68. The maximum atomic E-state index is 4.31. The number of allylic oxidation sites excluding steroid dienone is 1. The Morgan fingerprint density at radius 1 is 0.931 bits per heavy atom. The first kappa shape index (κ1) is 16.6. The van der Waals surface area contributed by atoms with E-state index in [1.54, 1.807) is 0 Å². The summed E-state index contributed by atoms with van der Waals surface area (Å²) < 4.78 is 4.78. The predicted octanol–water partition coefficient (Wildman–Crippen LogP) is 6.46. The van der Waals surface area contributed by atoms with Crippen molar-refractivity contribution in [2.24, 2.45) is 7.05 Å². The molecule has 0 fully saturated rings. The molecule has 0 aliphatic carbocycles. The summed E-state index contributed by atoms with van der Waals surface area (Å²) in [6.07, 6.45) is 2.19. The molecule has 0 spiro atoms. The molecule has 6 aromatic rings. The first-order valence-corrected chi connectivity index (χ1v) is 10.1. The molecule has 0 atom stereocenters. The molecule has 0 aliphatic rings. The quantitative estimate of drug-likeness (QED) is 0.177. The second-order valence-corrected chi connectivity index (χ2v) is 8.42. The van der Waals surface area contributed by atoms with Gasteiger partial charge in [0.2, 0.25) is 5.52 Å². The predicted molar refractivity (Wildman–Crippen MR) is 124 cm³/mol. The number of pyridine rings is 2. The number of nitrogens with zero attached hydrogens (tertiary/aromatic N) is 2. The van der Waals surface area contributed by atoms with Crippen LogP contribution in [0.4, 0.5) is 0 Å². The number of aromatic nitrogens is 2. The molecule has 0 saturated carbocycles. The van der Waals surface area contributed by atoms with Crippen LogP contribution in [0.5, 0.6) is 0 Å². The van der Waals surface area contributed by atoms with Crippen LogP contribution < -0.4 is 4.57 Å². The summed E-state index contributed by atoms with van der Waals surface area (Å²) in [5.74, 6) is 0. The van der Waals surface area contributed by atoms with Crippen LogP contribution in [-0.2, 0) is 7.05 Å². The van der Waals surface area contributed by atoms with Gasteiger partial charge in [0.25, 0.3) is 0 Å². The first-order valence-electron chi connectivity index (χ1n) is 10.1. The van der Waals surface area contributed by atoms with Crippen LogP contribution in [0, 0.1) is 13.8 Å². The highest BCUT2D eigenvalue weighted by Gasteiger charge is 2.25. The summed E-state index contributed by atoms with van der Waals surface area (Å²) in [6.45, 7) is 10.9. The summed E-state index contributed by atoms with van der Waals surface area (Å²) in [5, 5.41) is 6.59. The second kappa shape index (κ2) is 5.36. The third kappa shape index (κ3) is 1.89. The molecule has 0 unspecified atom stereocenters. The number of aryl methyl sites for hydroxylation is 3. The van der Waals surface area contributed by atoms with Crippen LogP contribution >= 0.6 is 0 Å². The minimum atomic E-state index is 1.09. The average Bonchev–Trinajstić information content (AvgIpc) is 3.03. The van der Waals surface area contributed by atoms with Gasteiger partial charge in [-0.2, -0.15) is 0 Å². The molecular formula is C27H23N2+. The molecule has 0 N–H and O–H groups in total. The number of benzene rings is 3. The number of hydrogen-bond acceptors (Lipinski definition) is 0. The van der Waals surface area contributed by atoms with Crippen molar-refractivity contribution in [3.05, 3.63) is 78.0 Å². The monoisotopic (exact) mass is 375 g/mol. The highest BCUT2D eigenvalue weighted by Crippen LogP contribution is 2.43. The van der Waals surface area contributed by atoms with Gasteiger partial charge in [0.15, 0.2) is 6.20 Å². The normalized spacial score (nSPS) is 12.3. The van der Waals surface area contributed by atoms with Crippen LogP contribution in [0.3, 0.4) is 0 Å². The Labute approximate surface area is 169 Å². The number of para-hydroxylation sites is 1. The van der Waals surface area contributed by atoms with E-state index in [0.29, 0.717) is 0 Å². The Balaban J connectivity index is 2.17. The van der Waals surface area contributed by atoms with Crippen LogP contribution in [0.2, 0.25) is 0 Å². The van der Waals surface area contributed by atoms with Crippen molar-refractivity contribution in [1.29, 1.82) is 0 Å². The molecule has 2 heteroatoms. The van der Waals surface area contributed by atoms with Crippen molar-refractivity contribution in [2.75, 3.05) is 0 Å². The Morgan fingerprint density at radius 3 is 2.52 bits per heavy atom. The summed E-state index contributed by atoms with van der Waals surface area (Å²) in [6, 6.07) is 17.9. The topological polar surface area (TPSA) is 8.29 Å². The van der Waals surface area contributed by atoms with E-state index in [9.17, 15) is 0 Å². The van der Waals surface area contributed by atoms with Gasteiger partial charge in [-0.05, 0) is 55.0 Å². The molecule has 140 valence electrons. The summed E-state index contributed by atoms with van der Waals surface area (Å²) in [7, 11) is 2.16. The zero-order valence-corrected chi connectivity index (χ0v) is 17.3. The molecule has 0 aliphatic heterocycles. The smallest absolute Gasteiger partial charge is 0.224 e. The Bertz CT molecular complexity index is 1650. The number of hydrogen-bond donors (Lipinski definition) is 0. The fourth-order valence-corrected chi connectivity index (χ4v) is 5.19. The number of rotatable bonds is 1. The third-order valence-electron chi connectivity index (χ3n) is 6.68. The second-order valence-electron chi connectivity index (χ2n) is 8.42. The van der Waals surface area contributed by atoms with E-state index in [0.717, 1.165) is 5.57 Å². The van der Waals surface area contributed by atoms with Gasteiger partial charge in [-0.15, -0.1) is 0 Å². The molecule has 2 nitrogen and oxygen atoms in total. The van der Waals surface area contributed by atoms with Gasteiger partial charge < -0.3 is 4.40 Å². The average molecular weight is 375 g/mol. The van der Waals surface area contributed by atoms with E-state index in [-0.39, 0.29) is 0 Å². The fraction of sp³-hybridized carbons (Fsp3) is 0.148. The van der Waals surface area contributed by atoms with Gasteiger partial charge in [0.1, 0.15) is 7.05 Å². The summed E-state index contributed by atoms with van der Waals surface area (Å²) >= 11 is 0. The van der Waals surface area contributed by atoms with Gasteiger partial charge in [-0.1, -0.05) is 36.9 Å². The molecule has 0 amide bonds. The van der Waals surface area contributed by atoms with Crippen molar-refractivity contribution < 1.29 is 4.57 Å². The number of fused-ring (bicyclic) bond motifs is 5. The van der Waals surface area contributed by atoms with Gasteiger partial charge >= 0.3 is 0 Å². The summed E-state index contributed by atoms with van der Waals surface area (Å²) in [4.78, 5) is 0. The maximum Gasteiger partial charge on any atom is 0.224 e. The van der Waals surface area contributed by atoms with E-state index in [2.05, 4.69) is 98.1 Å². The lowest BCUT2D eigenvalue weighted by Crippen LogP contribution is -2.29. The van der Waals surface area contributed by atoms with Crippen LogP contribution in [0.1, 0.15) is 23.6 Å². The highest BCUT2D eigenvalue weighted by atomic mass is 15.0. The van der Waals surface area contributed by atoms with Crippen molar-refractivity contribution >= 4 is 54.6 Å². The lowest BCUT2D eigenvalue weighted by atomic mass is 9.94. The van der Waals surface area contributed by atoms with E-state index in [1.807, 2.05) is 0 Å². The van der Waals surface area contributed by atoms with E-state index >= 15 is 0 Å². The van der Waals surface area contributed by atoms with Crippen LogP contribution in [-0.4, -0.2) is 4.40 Å². The lowest BCUT2D eigenvalue weighted by Gasteiger charge is -2.16. The Kier molecular flexibility index (Phi) is 3.06. The van der Waals surface area contributed by atoms with Gasteiger partial charge in [0, 0.05) is 22.4 Å². The molecule has 3 aromatic carbocycles. The van der Waals surface area contributed by atoms with Crippen LogP contribution in [0.15, 0.2) is 61.3 Å². The lowest BCUT2D eigenvalue weighted by molar-refractivity contribution is -0.643. The van der Waals surface area contributed by atoms with Crippen molar-refractivity contribution in [2.45, 2.75) is 20.8 Å². The molecule has 0 radical (unpaired) electrons. The fourth-order valence-electron chi connectivity index (χ4n) is 5.19. The van der Waals surface area contributed by atoms with Crippen LogP contribution in [0.25, 0.3) is 54.6 Å². The Morgan fingerprint density at radius 2 is 1.72 bits per heavy atom. The molecule has 6 rings (SSSR count). The molecule has 0 bridgehead atoms. The SMILES string of the molecule is C=C(C)c1ccc2cc[n+](C)c3c4c(C)c(C)cc5c6ccccc6n(c1c23)c54. The minimum absolute atomic E-state index is 1.09. The van der Waals surface area contributed by atoms with Gasteiger partial charge in [-0.3, -0.25) is 0 Å². The largest absolute Gasteiger partial charge is 0.307 e. The molecule has 3 aromatic heterocycles. The maximum absolute atomic E-state index is 4.31. The van der Waals surface area contributed by atoms with Crippen molar-refractivity contribution in [3.63, 3.8) is 0 Å². The first-order chi connectivity index (χ1) is 14.0. The van der Waals surface area contributed by atoms with Crippen molar-refractivity contribution in [3.8, 4) is 0 Å². The molecule has 3 heterocycles.